The minimum atomic E-state index is -3.64. The number of aryl methyl sites for hydroxylation is 1. The molecule has 3 aromatic rings. The lowest BCUT2D eigenvalue weighted by Gasteiger charge is -2.35. The fourth-order valence-electron chi connectivity index (χ4n) is 3.31. The van der Waals surface area contributed by atoms with Gasteiger partial charge in [0, 0.05) is 59.7 Å². The van der Waals surface area contributed by atoms with Crippen LogP contribution in [0.2, 0.25) is 0 Å². The predicted molar refractivity (Wildman–Crippen MR) is 102 cm³/mol. The zero-order valence-electron chi connectivity index (χ0n) is 14.2. The van der Waals surface area contributed by atoms with Crippen LogP contribution in [0, 0.1) is 12.7 Å². The molecule has 5 nitrogen and oxygen atoms in total. The van der Waals surface area contributed by atoms with Gasteiger partial charge in [-0.1, -0.05) is 0 Å². The maximum atomic E-state index is 13.6. The molecule has 4 rings (SSSR count). The molecule has 0 bridgehead atoms. The minimum Gasteiger partial charge on any atom is -0.369 e. The molecule has 8 heteroatoms. The van der Waals surface area contributed by atoms with Crippen molar-refractivity contribution < 1.29 is 12.8 Å². The van der Waals surface area contributed by atoms with Crippen LogP contribution in [0.25, 0.3) is 10.1 Å². The van der Waals surface area contributed by atoms with Crippen molar-refractivity contribution in [2.75, 3.05) is 31.1 Å². The highest BCUT2D eigenvalue weighted by Gasteiger charge is 2.31. The summed E-state index contributed by atoms with van der Waals surface area (Å²) in [6.45, 7) is 4.02. The van der Waals surface area contributed by atoms with Crippen LogP contribution in [0.5, 0.6) is 0 Å². The number of pyridine rings is 1. The molecule has 1 aliphatic heterocycles. The maximum Gasteiger partial charge on any atom is 0.244 e. The van der Waals surface area contributed by atoms with E-state index in [1.54, 1.807) is 17.6 Å². The summed E-state index contributed by atoms with van der Waals surface area (Å²) < 4.78 is 42.0. The van der Waals surface area contributed by atoms with Crippen molar-refractivity contribution in [1.29, 1.82) is 0 Å². The molecule has 136 valence electrons. The van der Waals surface area contributed by atoms with Crippen molar-refractivity contribution in [3.8, 4) is 0 Å². The van der Waals surface area contributed by atoms with Gasteiger partial charge in [-0.15, -0.1) is 11.3 Å². The van der Waals surface area contributed by atoms with Gasteiger partial charge in [-0.05, 0) is 36.8 Å². The number of thiophene rings is 1. The molecule has 0 spiro atoms. The number of hydrogen-bond donors (Lipinski definition) is 0. The maximum absolute atomic E-state index is 13.6. The normalized spacial score (nSPS) is 16.3. The third-order valence-electron chi connectivity index (χ3n) is 4.69. The van der Waals surface area contributed by atoms with Crippen molar-refractivity contribution >= 4 is 37.1 Å². The number of halogens is 1. The number of hydrogen-bond acceptors (Lipinski definition) is 5. The first-order chi connectivity index (χ1) is 12.5. The molecule has 1 fully saturated rings. The van der Waals surface area contributed by atoms with Gasteiger partial charge in [0.1, 0.15) is 10.7 Å². The highest BCUT2D eigenvalue weighted by molar-refractivity contribution is 7.89. The van der Waals surface area contributed by atoms with Gasteiger partial charge in [0.15, 0.2) is 0 Å². The fourth-order valence-corrected chi connectivity index (χ4v) is 6.17. The smallest absolute Gasteiger partial charge is 0.244 e. The van der Waals surface area contributed by atoms with Crippen molar-refractivity contribution in [1.82, 2.24) is 9.29 Å². The monoisotopic (exact) mass is 391 g/mol. The lowest BCUT2D eigenvalue weighted by atomic mass is 10.2. The van der Waals surface area contributed by atoms with Gasteiger partial charge in [0.25, 0.3) is 0 Å². The Morgan fingerprint density at radius 3 is 2.65 bits per heavy atom. The molecular formula is C18H18FN3O2S2. The quantitative estimate of drug-likeness (QED) is 0.688. The van der Waals surface area contributed by atoms with Gasteiger partial charge >= 0.3 is 0 Å². The van der Waals surface area contributed by atoms with Crippen molar-refractivity contribution in [3.63, 3.8) is 0 Å². The summed E-state index contributed by atoms with van der Waals surface area (Å²) in [6.07, 6.45) is 3.56. The molecular weight excluding hydrogens is 373 g/mol. The van der Waals surface area contributed by atoms with Crippen LogP contribution in [-0.4, -0.2) is 43.9 Å². The molecule has 0 saturated carbocycles. The van der Waals surface area contributed by atoms with Gasteiger partial charge in [-0.2, -0.15) is 4.31 Å². The van der Waals surface area contributed by atoms with E-state index in [2.05, 4.69) is 9.88 Å². The largest absolute Gasteiger partial charge is 0.369 e. The van der Waals surface area contributed by atoms with Crippen molar-refractivity contribution in [2.45, 2.75) is 11.8 Å². The lowest BCUT2D eigenvalue weighted by molar-refractivity contribution is 0.385. The van der Waals surface area contributed by atoms with E-state index < -0.39 is 15.8 Å². The molecule has 3 heterocycles. The molecule has 2 aromatic heterocycles. The van der Waals surface area contributed by atoms with Gasteiger partial charge in [0.05, 0.1) is 0 Å². The number of nitrogens with zero attached hydrogens (tertiary/aromatic N) is 3. The predicted octanol–water partition coefficient (Wildman–Crippen LogP) is 3.25. The Morgan fingerprint density at radius 1 is 1.15 bits per heavy atom. The summed E-state index contributed by atoms with van der Waals surface area (Å²) in [4.78, 5) is 6.48. The van der Waals surface area contributed by atoms with E-state index in [1.165, 1.54) is 27.8 Å². The first kappa shape index (κ1) is 17.4. The third-order valence-corrected chi connectivity index (χ3v) is 7.74. The molecule has 0 aliphatic carbocycles. The first-order valence-electron chi connectivity index (χ1n) is 8.29. The van der Waals surface area contributed by atoms with E-state index in [0.29, 0.717) is 31.6 Å². The van der Waals surface area contributed by atoms with Gasteiger partial charge in [-0.3, -0.25) is 4.98 Å². The molecule has 0 amide bonds. The van der Waals surface area contributed by atoms with Crippen LogP contribution in [0.4, 0.5) is 10.1 Å². The van der Waals surface area contributed by atoms with E-state index in [9.17, 15) is 12.8 Å². The van der Waals surface area contributed by atoms with Crippen LogP contribution in [0.3, 0.4) is 0 Å². The Hall–Kier alpha value is -2.03. The first-order valence-corrected chi connectivity index (χ1v) is 10.6. The van der Waals surface area contributed by atoms with Crippen LogP contribution in [0.15, 0.2) is 46.9 Å². The van der Waals surface area contributed by atoms with Crippen LogP contribution in [0.1, 0.15) is 5.56 Å². The van der Waals surface area contributed by atoms with Gasteiger partial charge < -0.3 is 4.90 Å². The second-order valence-electron chi connectivity index (χ2n) is 6.29. The Bertz CT molecular complexity index is 1060. The lowest BCUT2D eigenvalue weighted by Crippen LogP contribution is -2.48. The van der Waals surface area contributed by atoms with Crippen LogP contribution < -0.4 is 4.90 Å². The number of fused-ring (bicyclic) bond motifs is 1. The minimum absolute atomic E-state index is 0.200. The summed E-state index contributed by atoms with van der Waals surface area (Å²) in [6, 6.07) is 6.23. The fraction of sp³-hybridized carbons (Fsp3) is 0.278. The summed E-state index contributed by atoms with van der Waals surface area (Å²) in [5.74, 6) is -0.426. The van der Waals surface area contributed by atoms with Gasteiger partial charge in [-0.25, -0.2) is 12.8 Å². The Balaban J connectivity index is 1.58. The average molecular weight is 391 g/mol. The molecule has 0 radical (unpaired) electrons. The highest BCUT2D eigenvalue weighted by Crippen LogP contribution is 2.32. The highest BCUT2D eigenvalue weighted by atomic mass is 32.2. The standard InChI is InChI=1S/C18H18FN3O2S2/c1-13-11-20-5-4-16(13)21-6-8-22(9-7-21)26(23,24)18-12-25-17-3-2-14(19)10-15(17)18/h2-5,10-12H,6-9H2,1H3. The summed E-state index contributed by atoms with van der Waals surface area (Å²) in [5.41, 5.74) is 2.16. The van der Waals surface area contributed by atoms with Gasteiger partial charge in [0.2, 0.25) is 10.0 Å². The molecule has 26 heavy (non-hydrogen) atoms. The van der Waals surface area contributed by atoms with E-state index >= 15 is 0 Å². The molecule has 0 atom stereocenters. The summed E-state index contributed by atoms with van der Waals surface area (Å²) >= 11 is 1.32. The number of benzene rings is 1. The Labute approximate surface area is 155 Å². The Morgan fingerprint density at radius 2 is 1.92 bits per heavy atom. The number of piperazine rings is 1. The van der Waals surface area contributed by atoms with Crippen LogP contribution >= 0.6 is 11.3 Å². The second kappa shape index (κ2) is 6.61. The SMILES string of the molecule is Cc1cnccc1N1CCN(S(=O)(=O)c2csc3ccc(F)cc23)CC1. The zero-order chi connectivity index (χ0) is 18.3. The molecule has 0 N–H and O–H groups in total. The van der Waals surface area contributed by atoms with E-state index in [4.69, 9.17) is 0 Å². The van der Waals surface area contributed by atoms with E-state index in [0.717, 1.165) is 16.0 Å². The molecule has 1 aromatic carbocycles. The number of sulfonamides is 1. The summed E-state index contributed by atoms with van der Waals surface area (Å²) in [5, 5.41) is 2.07. The number of anilines is 1. The molecule has 1 saturated heterocycles. The zero-order valence-corrected chi connectivity index (χ0v) is 15.9. The Kier molecular flexibility index (Phi) is 4.42. The third kappa shape index (κ3) is 2.98. The summed E-state index contributed by atoms with van der Waals surface area (Å²) in [7, 11) is -3.64. The van der Waals surface area contributed by atoms with Crippen molar-refractivity contribution in [3.05, 3.63) is 53.4 Å². The van der Waals surface area contributed by atoms with E-state index in [1.807, 2.05) is 19.2 Å². The van der Waals surface area contributed by atoms with E-state index in [-0.39, 0.29) is 4.90 Å². The molecule has 0 unspecified atom stereocenters. The number of aromatic nitrogens is 1. The average Bonchev–Trinajstić information content (AvgIpc) is 3.06. The number of rotatable bonds is 3. The van der Waals surface area contributed by atoms with Crippen molar-refractivity contribution in [2.24, 2.45) is 0 Å². The van der Waals surface area contributed by atoms with Crippen LogP contribution in [-0.2, 0) is 10.0 Å². The molecule has 1 aliphatic rings. The topological polar surface area (TPSA) is 53.5 Å². The second-order valence-corrected chi connectivity index (χ2v) is 9.11.